The van der Waals surface area contributed by atoms with Gasteiger partial charge in [-0.3, -0.25) is 0 Å². The van der Waals surface area contributed by atoms with Crippen molar-refractivity contribution in [2.24, 2.45) is 11.7 Å². The van der Waals surface area contributed by atoms with Crippen molar-refractivity contribution in [2.45, 2.75) is 32.9 Å². The Labute approximate surface area is 68.5 Å². The first kappa shape index (κ1) is 10.9. The maximum atomic E-state index is 8.97. The molecule has 0 amide bonds. The van der Waals surface area contributed by atoms with Crippen molar-refractivity contribution < 1.29 is 9.84 Å². The van der Waals surface area contributed by atoms with Gasteiger partial charge in [-0.2, -0.15) is 0 Å². The van der Waals surface area contributed by atoms with Crippen LogP contribution in [0.4, 0.5) is 0 Å². The minimum atomic E-state index is -0.844. The molecule has 68 valence electrons. The maximum Gasteiger partial charge on any atom is 0.142 e. The van der Waals surface area contributed by atoms with Crippen LogP contribution in [0.2, 0.25) is 0 Å². The summed E-state index contributed by atoms with van der Waals surface area (Å²) in [6.07, 6.45) is 0.914. The summed E-state index contributed by atoms with van der Waals surface area (Å²) in [6, 6.07) is 0. The molecule has 3 heteroatoms. The first-order valence-corrected chi connectivity index (χ1v) is 4.14. The topological polar surface area (TPSA) is 55.5 Å². The lowest BCUT2D eigenvalue weighted by Crippen LogP contribution is -2.51. The maximum absolute atomic E-state index is 8.97. The molecule has 0 aliphatic heterocycles. The number of hydrogen-bond acceptors (Lipinski definition) is 3. The molecule has 0 bridgehead atoms. The predicted octanol–water partition coefficient (Wildman–Crippen LogP) is 0.716. The van der Waals surface area contributed by atoms with Gasteiger partial charge < -0.3 is 15.6 Å². The van der Waals surface area contributed by atoms with Crippen molar-refractivity contribution in [3.8, 4) is 0 Å². The number of nitrogens with two attached hydrogens (primary N) is 1. The van der Waals surface area contributed by atoms with Crippen LogP contribution in [0.3, 0.4) is 0 Å². The molecule has 0 aliphatic rings. The molecule has 0 aromatic carbocycles. The lowest BCUT2D eigenvalue weighted by Gasteiger charge is -2.32. The zero-order valence-corrected chi connectivity index (χ0v) is 7.63. The van der Waals surface area contributed by atoms with E-state index in [0.717, 1.165) is 6.42 Å². The molecule has 0 saturated heterocycles. The normalized spacial score (nSPS) is 19.4. The summed E-state index contributed by atoms with van der Waals surface area (Å²) in [5, 5.41) is 8.97. The summed E-state index contributed by atoms with van der Waals surface area (Å²) in [4.78, 5) is 0. The number of ether oxygens (including phenoxy) is 1. The second-order valence-corrected chi connectivity index (χ2v) is 2.86. The van der Waals surface area contributed by atoms with Gasteiger partial charge in [0.05, 0.1) is 6.61 Å². The van der Waals surface area contributed by atoms with E-state index >= 15 is 0 Å². The smallest absolute Gasteiger partial charge is 0.142 e. The quantitative estimate of drug-likeness (QED) is 0.584. The zero-order valence-electron chi connectivity index (χ0n) is 7.63. The largest absolute Gasteiger partial charge is 0.392 e. The summed E-state index contributed by atoms with van der Waals surface area (Å²) in [7, 11) is 0. The minimum absolute atomic E-state index is 0.115. The van der Waals surface area contributed by atoms with Crippen molar-refractivity contribution in [1.82, 2.24) is 0 Å². The minimum Gasteiger partial charge on any atom is -0.392 e. The van der Waals surface area contributed by atoms with Crippen LogP contribution in [-0.4, -0.2) is 24.0 Å². The van der Waals surface area contributed by atoms with Crippen LogP contribution in [0.15, 0.2) is 0 Å². The highest BCUT2D eigenvalue weighted by Crippen LogP contribution is 2.18. The standard InChI is InChI=1S/C8H19NO2/c1-4-7(3)8(9,6-10)11-5-2/h7,10H,4-6,9H2,1-3H3. The molecule has 0 spiro atoms. The number of hydrogen-bond donors (Lipinski definition) is 2. The fraction of sp³-hybridized carbons (Fsp3) is 1.00. The van der Waals surface area contributed by atoms with Crippen molar-refractivity contribution >= 4 is 0 Å². The fourth-order valence-electron chi connectivity index (χ4n) is 0.958. The Balaban J connectivity index is 4.07. The molecule has 0 aromatic rings. The molecule has 2 atom stereocenters. The summed E-state index contributed by atoms with van der Waals surface area (Å²) in [5.74, 6) is 0.187. The SMILES string of the molecule is CCOC(N)(CO)C(C)CC. The van der Waals surface area contributed by atoms with Crippen LogP contribution in [0.5, 0.6) is 0 Å². The summed E-state index contributed by atoms with van der Waals surface area (Å²) < 4.78 is 5.26. The Morgan fingerprint density at radius 1 is 1.55 bits per heavy atom. The van der Waals surface area contributed by atoms with E-state index in [4.69, 9.17) is 15.6 Å². The van der Waals surface area contributed by atoms with Crippen LogP contribution in [0.25, 0.3) is 0 Å². The van der Waals surface area contributed by atoms with Crippen LogP contribution in [-0.2, 0) is 4.74 Å². The van der Waals surface area contributed by atoms with E-state index < -0.39 is 5.72 Å². The van der Waals surface area contributed by atoms with Gasteiger partial charge in [0.2, 0.25) is 0 Å². The number of aliphatic hydroxyl groups is 1. The van der Waals surface area contributed by atoms with E-state index in [-0.39, 0.29) is 12.5 Å². The van der Waals surface area contributed by atoms with Crippen molar-refractivity contribution in [3.63, 3.8) is 0 Å². The van der Waals surface area contributed by atoms with Crippen molar-refractivity contribution in [2.75, 3.05) is 13.2 Å². The van der Waals surface area contributed by atoms with Gasteiger partial charge in [-0.1, -0.05) is 13.8 Å². The third-order valence-electron chi connectivity index (χ3n) is 2.11. The predicted molar refractivity (Wildman–Crippen MR) is 45.1 cm³/mol. The lowest BCUT2D eigenvalue weighted by molar-refractivity contribution is -0.106. The van der Waals surface area contributed by atoms with Crippen LogP contribution in [0, 0.1) is 5.92 Å². The lowest BCUT2D eigenvalue weighted by atomic mass is 9.96. The molecule has 0 aliphatic carbocycles. The Bertz CT molecular complexity index is 108. The molecular weight excluding hydrogens is 142 g/mol. The highest BCUT2D eigenvalue weighted by atomic mass is 16.5. The van der Waals surface area contributed by atoms with Gasteiger partial charge in [0.25, 0.3) is 0 Å². The van der Waals surface area contributed by atoms with E-state index in [1.807, 2.05) is 20.8 Å². The van der Waals surface area contributed by atoms with Crippen molar-refractivity contribution in [1.29, 1.82) is 0 Å². The molecule has 0 radical (unpaired) electrons. The van der Waals surface area contributed by atoms with Gasteiger partial charge in [0.1, 0.15) is 5.72 Å². The monoisotopic (exact) mass is 161 g/mol. The summed E-state index contributed by atoms with van der Waals surface area (Å²) in [5.41, 5.74) is 4.95. The number of rotatable bonds is 5. The van der Waals surface area contributed by atoms with E-state index in [1.165, 1.54) is 0 Å². The molecule has 0 aromatic heterocycles. The Morgan fingerprint density at radius 2 is 2.09 bits per heavy atom. The Hall–Kier alpha value is -0.120. The Morgan fingerprint density at radius 3 is 2.36 bits per heavy atom. The third kappa shape index (κ3) is 2.77. The van der Waals surface area contributed by atoms with Crippen LogP contribution in [0.1, 0.15) is 27.2 Å². The summed E-state index contributed by atoms with van der Waals surface area (Å²) >= 11 is 0. The van der Waals surface area contributed by atoms with Gasteiger partial charge in [-0.25, -0.2) is 0 Å². The molecule has 0 heterocycles. The molecule has 3 N–H and O–H groups in total. The average Bonchev–Trinajstić information content (AvgIpc) is 2.03. The average molecular weight is 161 g/mol. The molecule has 0 fully saturated rings. The molecule has 0 saturated carbocycles. The first-order chi connectivity index (χ1) is 5.10. The van der Waals surface area contributed by atoms with Gasteiger partial charge in [-0.05, 0) is 13.3 Å². The Kier molecular flexibility index (Phi) is 4.65. The van der Waals surface area contributed by atoms with Gasteiger partial charge in [0, 0.05) is 12.5 Å². The van der Waals surface area contributed by atoms with E-state index in [2.05, 4.69) is 0 Å². The van der Waals surface area contributed by atoms with E-state index in [9.17, 15) is 0 Å². The van der Waals surface area contributed by atoms with Crippen molar-refractivity contribution in [3.05, 3.63) is 0 Å². The second kappa shape index (κ2) is 4.70. The fourth-order valence-corrected chi connectivity index (χ4v) is 0.958. The highest BCUT2D eigenvalue weighted by Gasteiger charge is 2.30. The zero-order chi connectivity index (χ0) is 8.91. The van der Waals surface area contributed by atoms with E-state index in [0.29, 0.717) is 6.61 Å². The van der Waals surface area contributed by atoms with Gasteiger partial charge in [-0.15, -0.1) is 0 Å². The highest BCUT2D eigenvalue weighted by molar-refractivity contribution is 4.77. The second-order valence-electron chi connectivity index (χ2n) is 2.86. The molecule has 2 unspecified atom stereocenters. The molecule has 3 nitrogen and oxygen atoms in total. The van der Waals surface area contributed by atoms with Gasteiger partial charge in [0.15, 0.2) is 0 Å². The van der Waals surface area contributed by atoms with Gasteiger partial charge >= 0.3 is 0 Å². The summed E-state index contributed by atoms with van der Waals surface area (Å²) in [6.45, 7) is 6.31. The van der Waals surface area contributed by atoms with E-state index in [1.54, 1.807) is 0 Å². The van der Waals surface area contributed by atoms with Crippen LogP contribution >= 0.6 is 0 Å². The van der Waals surface area contributed by atoms with Crippen LogP contribution < -0.4 is 5.73 Å². The first-order valence-electron chi connectivity index (χ1n) is 4.14. The molecular formula is C8H19NO2. The molecule has 11 heavy (non-hydrogen) atoms. The third-order valence-corrected chi connectivity index (χ3v) is 2.11. The molecule has 0 rings (SSSR count). The number of aliphatic hydroxyl groups excluding tert-OH is 1.